The molecular weight excluding hydrogens is 226 g/mol. The first-order valence-corrected chi connectivity index (χ1v) is 7.74. The highest BCUT2D eigenvalue weighted by atomic mass is 16.5. The Morgan fingerprint density at radius 3 is 2.67 bits per heavy atom. The van der Waals surface area contributed by atoms with Gasteiger partial charge in [0.2, 0.25) is 0 Å². The maximum Gasteiger partial charge on any atom is 0.0590 e. The van der Waals surface area contributed by atoms with Crippen LogP contribution in [0.3, 0.4) is 0 Å². The maximum absolute atomic E-state index is 9.70. The van der Waals surface area contributed by atoms with E-state index in [1.54, 1.807) is 0 Å². The van der Waals surface area contributed by atoms with Crippen LogP contribution in [0.15, 0.2) is 0 Å². The van der Waals surface area contributed by atoms with Crippen LogP contribution in [0.25, 0.3) is 0 Å². The minimum atomic E-state index is -0.0662. The number of hydrogen-bond acceptors (Lipinski definition) is 3. The van der Waals surface area contributed by atoms with Crippen LogP contribution >= 0.6 is 0 Å². The fraction of sp³-hybridized carbons (Fsp3) is 1.00. The zero-order valence-electron chi connectivity index (χ0n) is 11.8. The van der Waals surface area contributed by atoms with Gasteiger partial charge < -0.3 is 14.7 Å². The number of aliphatic hydroxyl groups is 1. The van der Waals surface area contributed by atoms with Gasteiger partial charge in [-0.15, -0.1) is 0 Å². The molecule has 2 aliphatic rings. The molecule has 2 rings (SSSR count). The van der Waals surface area contributed by atoms with Crippen LogP contribution in [0.4, 0.5) is 0 Å². The first kappa shape index (κ1) is 14.3. The molecule has 0 aromatic rings. The van der Waals surface area contributed by atoms with Gasteiger partial charge >= 0.3 is 0 Å². The summed E-state index contributed by atoms with van der Waals surface area (Å²) in [6.45, 7) is 7.51. The highest BCUT2D eigenvalue weighted by Crippen LogP contribution is 2.21. The van der Waals surface area contributed by atoms with Crippen molar-refractivity contribution in [3.05, 3.63) is 0 Å². The van der Waals surface area contributed by atoms with Crippen molar-refractivity contribution in [1.82, 2.24) is 4.90 Å². The second-order valence-electron chi connectivity index (χ2n) is 6.19. The Balaban J connectivity index is 1.52. The monoisotopic (exact) mass is 255 g/mol. The molecule has 2 atom stereocenters. The summed E-state index contributed by atoms with van der Waals surface area (Å²) < 4.78 is 5.39. The maximum atomic E-state index is 9.70. The average Bonchev–Trinajstić information content (AvgIpc) is 2.40. The first-order chi connectivity index (χ1) is 8.75. The van der Waals surface area contributed by atoms with Crippen LogP contribution in [-0.2, 0) is 4.74 Å². The van der Waals surface area contributed by atoms with E-state index in [1.807, 2.05) is 0 Å². The minimum absolute atomic E-state index is 0.0662. The molecule has 0 unspecified atom stereocenters. The van der Waals surface area contributed by atoms with E-state index in [4.69, 9.17) is 4.74 Å². The van der Waals surface area contributed by atoms with Crippen molar-refractivity contribution in [2.45, 2.75) is 51.6 Å². The number of piperidine rings is 1. The summed E-state index contributed by atoms with van der Waals surface area (Å²) in [5.41, 5.74) is 0. The third-order valence-corrected chi connectivity index (χ3v) is 4.62. The Kier molecular flexibility index (Phi) is 5.93. The van der Waals surface area contributed by atoms with Crippen molar-refractivity contribution in [1.29, 1.82) is 0 Å². The molecule has 2 fully saturated rings. The predicted molar refractivity (Wildman–Crippen MR) is 73.6 cm³/mol. The Hall–Kier alpha value is -0.120. The first-order valence-electron chi connectivity index (χ1n) is 7.74. The van der Waals surface area contributed by atoms with E-state index in [0.717, 1.165) is 38.6 Å². The largest absolute Gasteiger partial charge is 0.393 e. The Morgan fingerprint density at radius 2 is 1.94 bits per heavy atom. The number of rotatable bonds is 5. The number of nitrogens with zero attached hydrogens (tertiary/aromatic N) is 1. The molecule has 0 aliphatic carbocycles. The fourth-order valence-electron chi connectivity index (χ4n) is 3.23. The topological polar surface area (TPSA) is 32.7 Å². The van der Waals surface area contributed by atoms with Gasteiger partial charge in [-0.3, -0.25) is 0 Å². The third-order valence-electron chi connectivity index (χ3n) is 4.62. The van der Waals surface area contributed by atoms with E-state index >= 15 is 0 Å². The number of unbranched alkanes of at least 4 members (excludes halogenated alkanes) is 1. The van der Waals surface area contributed by atoms with Crippen LogP contribution < -0.4 is 0 Å². The summed E-state index contributed by atoms with van der Waals surface area (Å²) in [5.74, 6) is 1.37. The molecule has 0 amide bonds. The molecule has 0 radical (unpaired) electrons. The van der Waals surface area contributed by atoms with Crippen molar-refractivity contribution in [2.24, 2.45) is 11.8 Å². The van der Waals surface area contributed by atoms with E-state index in [1.165, 1.54) is 38.6 Å². The predicted octanol–water partition coefficient (Wildman–Crippen LogP) is 2.29. The standard InChI is InChI=1S/C15H29NO2/c1-13-12-16(9-5-15(13)17)8-3-2-4-14-6-10-18-11-7-14/h13-15,17H,2-12H2,1H3/t13-,15+/m1/s1. The minimum Gasteiger partial charge on any atom is -0.393 e. The smallest absolute Gasteiger partial charge is 0.0590 e. The van der Waals surface area contributed by atoms with Crippen LogP contribution in [0.1, 0.15) is 45.4 Å². The molecule has 1 N–H and O–H groups in total. The number of likely N-dealkylation sites (tertiary alicyclic amines) is 1. The van der Waals surface area contributed by atoms with Crippen molar-refractivity contribution >= 4 is 0 Å². The molecule has 18 heavy (non-hydrogen) atoms. The molecule has 3 nitrogen and oxygen atoms in total. The van der Waals surface area contributed by atoms with Crippen molar-refractivity contribution in [3.63, 3.8) is 0 Å². The zero-order valence-corrected chi connectivity index (χ0v) is 11.8. The number of ether oxygens (including phenoxy) is 1. The van der Waals surface area contributed by atoms with E-state index in [-0.39, 0.29) is 6.10 Å². The Morgan fingerprint density at radius 1 is 1.17 bits per heavy atom. The second-order valence-corrected chi connectivity index (χ2v) is 6.19. The number of aliphatic hydroxyl groups excluding tert-OH is 1. The Labute approximate surface area is 112 Å². The molecule has 0 bridgehead atoms. The molecule has 0 aromatic heterocycles. The Bertz CT molecular complexity index is 229. The summed E-state index contributed by atoms with van der Waals surface area (Å²) in [4.78, 5) is 2.53. The number of hydrogen-bond donors (Lipinski definition) is 1. The van der Waals surface area contributed by atoms with Crippen LogP contribution in [0, 0.1) is 11.8 Å². The van der Waals surface area contributed by atoms with Gasteiger partial charge in [0.05, 0.1) is 6.10 Å². The summed E-state index contributed by atoms with van der Waals surface area (Å²) >= 11 is 0. The van der Waals surface area contributed by atoms with Gasteiger partial charge in [0, 0.05) is 26.3 Å². The van der Waals surface area contributed by atoms with Crippen molar-refractivity contribution in [2.75, 3.05) is 32.8 Å². The van der Waals surface area contributed by atoms with Gasteiger partial charge in [-0.2, -0.15) is 0 Å². The summed E-state index contributed by atoms with van der Waals surface area (Å²) in [5, 5.41) is 9.70. The molecule has 2 aliphatic heterocycles. The summed E-state index contributed by atoms with van der Waals surface area (Å²) in [6.07, 6.45) is 7.50. The second kappa shape index (κ2) is 7.46. The van der Waals surface area contributed by atoms with E-state index in [0.29, 0.717) is 5.92 Å². The molecule has 106 valence electrons. The van der Waals surface area contributed by atoms with E-state index in [2.05, 4.69) is 11.8 Å². The highest BCUT2D eigenvalue weighted by Gasteiger charge is 2.23. The van der Waals surface area contributed by atoms with Crippen LogP contribution in [-0.4, -0.2) is 49.0 Å². The third kappa shape index (κ3) is 4.52. The van der Waals surface area contributed by atoms with Crippen molar-refractivity contribution < 1.29 is 9.84 Å². The summed E-state index contributed by atoms with van der Waals surface area (Å²) in [6, 6.07) is 0. The lowest BCUT2D eigenvalue weighted by Crippen LogP contribution is -2.42. The lowest BCUT2D eigenvalue weighted by atomic mass is 9.93. The molecule has 3 heteroatoms. The van der Waals surface area contributed by atoms with Gasteiger partial charge in [0.1, 0.15) is 0 Å². The molecule has 2 heterocycles. The van der Waals surface area contributed by atoms with Crippen LogP contribution in [0.2, 0.25) is 0 Å². The quantitative estimate of drug-likeness (QED) is 0.765. The normalized spacial score (nSPS) is 31.7. The van der Waals surface area contributed by atoms with Gasteiger partial charge in [-0.05, 0) is 44.1 Å². The SMILES string of the molecule is C[C@@H]1CN(CCCCC2CCOCC2)CC[C@@H]1O. The van der Waals surface area contributed by atoms with Gasteiger partial charge in [0.25, 0.3) is 0 Å². The molecule has 0 aromatic carbocycles. The van der Waals surface area contributed by atoms with E-state index < -0.39 is 0 Å². The fourth-order valence-corrected chi connectivity index (χ4v) is 3.23. The van der Waals surface area contributed by atoms with Crippen LogP contribution in [0.5, 0.6) is 0 Å². The zero-order chi connectivity index (χ0) is 12.8. The lowest BCUT2D eigenvalue weighted by molar-refractivity contribution is 0.0338. The van der Waals surface area contributed by atoms with Gasteiger partial charge in [-0.25, -0.2) is 0 Å². The van der Waals surface area contributed by atoms with Gasteiger partial charge in [-0.1, -0.05) is 19.8 Å². The highest BCUT2D eigenvalue weighted by molar-refractivity contribution is 4.77. The van der Waals surface area contributed by atoms with Crippen molar-refractivity contribution in [3.8, 4) is 0 Å². The van der Waals surface area contributed by atoms with E-state index in [9.17, 15) is 5.11 Å². The molecular formula is C15H29NO2. The lowest BCUT2D eigenvalue weighted by Gasteiger charge is -2.34. The average molecular weight is 255 g/mol. The molecule has 2 saturated heterocycles. The molecule has 0 saturated carbocycles. The molecule has 0 spiro atoms. The van der Waals surface area contributed by atoms with Gasteiger partial charge in [0.15, 0.2) is 0 Å². The summed E-state index contributed by atoms with van der Waals surface area (Å²) in [7, 11) is 0.